The molecule has 0 fully saturated rings. The van der Waals surface area contributed by atoms with Crippen molar-refractivity contribution in [3.8, 4) is 0 Å². The summed E-state index contributed by atoms with van der Waals surface area (Å²) in [6.07, 6.45) is 0. The average Bonchev–Trinajstić information content (AvgIpc) is 1.91. The van der Waals surface area contributed by atoms with Gasteiger partial charge in [-0.2, -0.15) is 0 Å². The van der Waals surface area contributed by atoms with Gasteiger partial charge in [0.2, 0.25) is 0 Å². The van der Waals surface area contributed by atoms with Gasteiger partial charge < -0.3 is 5.32 Å². The van der Waals surface area contributed by atoms with Crippen LogP contribution in [-0.2, 0) is 6.54 Å². The first-order valence-corrected chi connectivity index (χ1v) is 3.12. The van der Waals surface area contributed by atoms with E-state index in [0.717, 1.165) is 6.54 Å². The maximum Gasteiger partial charge on any atom is 0.0814 e. The van der Waals surface area contributed by atoms with E-state index in [-0.39, 0.29) is 8.41 Å². The smallest absolute Gasteiger partial charge is 0.0814 e. The van der Waals surface area contributed by atoms with Crippen molar-refractivity contribution in [1.82, 2.24) is 5.32 Å². The van der Waals surface area contributed by atoms with Gasteiger partial charge in [-0.1, -0.05) is 30.3 Å². The van der Waals surface area contributed by atoms with Crippen molar-refractivity contribution >= 4 is 8.41 Å². The summed E-state index contributed by atoms with van der Waals surface area (Å²) in [6, 6.07) is 10.3. The average molecular weight is 135 g/mol. The Balaban J connectivity index is 0.000000810. The van der Waals surface area contributed by atoms with Crippen molar-refractivity contribution in [1.29, 1.82) is 0 Å². The minimum atomic E-state index is 0. The highest BCUT2D eigenvalue weighted by atomic mass is 14.8. The molecule has 0 aromatic heterocycles. The molecule has 0 amide bonds. The van der Waals surface area contributed by atoms with Crippen molar-refractivity contribution in [3.63, 3.8) is 0 Å². The topological polar surface area (TPSA) is 12.0 Å². The molecule has 0 bridgehead atoms. The summed E-state index contributed by atoms with van der Waals surface area (Å²) in [7, 11) is 1.95. The first-order chi connectivity index (χ1) is 4.43. The molecule has 10 heavy (non-hydrogen) atoms. The molecule has 54 valence electrons. The molecule has 0 aliphatic rings. The second-order valence-corrected chi connectivity index (χ2v) is 2.02. The van der Waals surface area contributed by atoms with Crippen molar-refractivity contribution < 1.29 is 0 Å². The highest BCUT2D eigenvalue weighted by Crippen LogP contribution is 1.95. The summed E-state index contributed by atoms with van der Waals surface area (Å²) in [6.45, 7) is 0.959. The van der Waals surface area contributed by atoms with Crippen LogP contribution in [0.25, 0.3) is 0 Å². The third kappa shape index (κ3) is 2.69. The first kappa shape index (κ1) is 9.24. The SMILES string of the molecule is B.CNCc1ccccc1. The Morgan fingerprint density at radius 1 is 1.20 bits per heavy atom. The van der Waals surface area contributed by atoms with Gasteiger partial charge in [-0.25, -0.2) is 0 Å². The molecule has 0 unspecified atom stereocenters. The van der Waals surface area contributed by atoms with E-state index >= 15 is 0 Å². The second-order valence-electron chi connectivity index (χ2n) is 2.02. The van der Waals surface area contributed by atoms with E-state index in [1.807, 2.05) is 25.2 Å². The number of nitrogens with one attached hydrogen (secondary N) is 1. The molecule has 0 saturated carbocycles. The van der Waals surface area contributed by atoms with E-state index in [4.69, 9.17) is 0 Å². The van der Waals surface area contributed by atoms with Crippen LogP contribution in [0.1, 0.15) is 5.56 Å². The molecule has 0 saturated heterocycles. The molecular formula is C8H14BN. The van der Waals surface area contributed by atoms with Crippen molar-refractivity contribution in [2.45, 2.75) is 6.54 Å². The van der Waals surface area contributed by atoms with Crippen molar-refractivity contribution in [2.24, 2.45) is 0 Å². The zero-order valence-corrected chi connectivity index (χ0v) is 5.59. The summed E-state index contributed by atoms with van der Waals surface area (Å²) in [4.78, 5) is 0. The summed E-state index contributed by atoms with van der Waals surface area (Å²) in [5, 5.41) is 3.08. The highest BCUT2D eigenvalue weighted by molar-refractivity contribution is 5.75. The molecule has 0 atom stereocenters. The number of benzene rings is 1. The zero-order chi connectivity index (χ0) is 6.53. The van der Waals surface area contributed by atoms with E-state index in [0.29, 0.717) is 0 Å². The maximum atomic E-state index is 3.08. The van der Waals surface area contributed by atoms with Gasteiger partial charge in [0.15, 0.2) is 0 Å². The molecule has 0 aliphatic heterocycles. The summed E-state index contributed by atoms with van der Waals surface area (Å²) in [5.74, 6) is 0. The fourth-order valence-corrected chi connectivity index (χ4v) is 0.800. The van der Waals surface area contributed by atoms with Gasteiger partial charge in [-0.3, -0.25) is 0 Å². The van der Waals surface area contributed by atoms with Gasteiger partial charge in [0, 0.05) is 6.54 Å². The van der Waals surface area contributed by atoms with E-state index < -0.39 is 0 Å². The molecule has 1 nitrogen and oxygen atoms in total. The lowest BCUT2D eigenvalue weighted by Crippen LogP contribution is -2.04. The minimum absolute atomic E-state index is 0. The third-order valence-corrected chi connectivity index (χ3v) is 1.22. The fraction of sp³-hybridized carbons (Fsp3) is 0.250. The largest absolute Gasteiger partial charge is 0.316 e. The number of rotatable bonds is 2. The van der Waals surface area contributed by atoms with Gasteiger partial charge in [-0.15, -0.1) is 0 Å². The second kappa shape index (κ2) is 5.06. The van der Waals surface area contributed by atoms with Crippen LogP contribution in [0.5, 0.6) is 0 Å². The maximum absolute atomic E-state index is 3.08. The Morgan fingerprint density at radius 2 is 1.80 bits per heavy atom. The molecule has 0 radical (unpaired) electrons. The fourth-order valence-electron chi connectivity index (χ4n) is 0.800. The van der Waals surface area contributed by atoms with Crippen LogP contribution in [0.15, 0.2) is 30.3 Å². The summed E-state index contributed by atoms with van der Waals surface area (Å²) >= 11 is 0. The van der Waals surface area contributed by atoms with Crippen LogP contribution in [0, 0.1) is 0 Å². The standard InChI is InChI=1S/C8H11N.BH3/c1-9-7-8-5-3-2-4-6-8;/h2-6,9H,7H2,1H3;1H3. The lowest BCUT2D eigenvalue weighted by atomic mass is 10.2. The number of hydrogen-bond donors (Lipinski definition) is 1. The quantitative estimate of drug-likeness (QED) is 0.572. The van der Waals surface area contributed by atoms with Crippen LogP contribution >= 0.6 is 0 Å². The van der Waals surface area contributed by atoms with Crippen LogP contribution in [0.4, 0.5) is 0 Å². The lowest BCUT2D eigenvalue weighted by molar-refractivity contribution is 0.818. The Hall–Kier alpha value is -0.755. The molecule has 1 aromatic rings. The van der Waals surface area contributed by atoms with Crippen molar-refractivity contribution in [3.05, 3.63) is 35.9 Å². The Kier molecular flexibility index (Phi) is 4.68. The van der Waals surface area contributed by atoms with E-state index in [1.54, 1.807) is 0 Å². The molecule has 1 aromatic carbocycles. The Labute approximate surface area is 64.0 Å². The molecule has 0 aliphatic carbocycles. The van der Waals surface area contributed by atoms with Crippen LogP contribution < -0.4 is 5.32 Å². The molecule has 1 rings (SSSR count). The molecule has 1 N–H and O–H groups in total. The summed E-state index contributed by atoms with van der Waals surface area (Å²) in [5.41, 5.74) is 1.33. The Morgan fingerprint density at radius 3 is 2.30 bits per heavy atom. The first-order valence-electron chi connectivity index (χ1n) is 3.12. The minimum Gasteiger partial charge on any atom is -0.316 e. The monoisotopic (exact) mass is 135 g/mol. The van der Waals surface area contributed by atoms with Gasteiger partial charge >= 0.3 is 0 Å². The van der Waals surface area contributed by atoms with Crippen molar-refractivity contribution in [2.75, 3.05) is 7.05 Å². The predicted molar refractivity (Wildman–Crippen MR) is 49.1 cm³/mol. The van der Waals surface area contributed by atoms with Gasteiger partial charge in [0.25, 0.3) is 0 Å². The van der Waals surface area contributed by atoms with E-state index in [1.165, 1.54) is 5.56 Å². The number of hydrogen-bond acceptors (Lipinski definition) is 1. The molecular weight excluding hydrogens is 121 g/mol. The molecule has 2 heteroatoms. The predicted octanol–water partition coefficient (Wildman–Crippen LogP) is 0.222. The van der Waals surface area contributed by atoms with Crippen LogP contribution in [0.3, 0.4) is 0 Å². The van der Waals surface area contributed by atoms with E-state index in [9.17, 15) is 0 Å². The van der Waals surface area contributed by atoms with Gasteiger partial charge in [0.1, 0.15) is 0 Å². The van der Waals surface area contributed by atoms with Crippen LogP contribution in [-0.4, -0.2) is 15.5 Å². The highest BCUT2D eigenvalue weighted by Gasteiger charge is 1.83. The van der Waals surface area contributed by atoms with Gasteiger partial charge in [0.05, 0.1) is 8.41 Å². The van der Waals surface area contributed by atoms with Crippen LogP contribution in [0.2, 0.25) is 0 Å². The normalized spacial score (nSPS) is 8.50. The third-order valence-electron chi connectivity index (χ3n) is 1.22. The lowest BCUT2D eigenvalue weighted by Gasteiger charge is -1.95. The zero-order valence-electron chi connectivity index (χ0n) is 5.59. The van der Waals surface area contributed by atoms with E-state index in [2.05, 4.69) is 17.4 Å². The molecule has 0 spiro atoms. The Bertz CT molecular complexity index is 162. The molecule has 0 heterocycles. The van der Waals surface area contributed by atoms with Gasteiger partial charge in [-0.05, 0) is 12.6 Å². The summed E-state index contributed by atoms with van der Waals surface area (Å²) < 4.78 is 0.